The molecule has 4 rings (SSSR count). The van der Waals surface area contributed by atoms with E-state index in [0.29, 0.717) is 11.1 Å². The molecule has 9 heteroatoms. The molecule has 0 bridgehead atoms. The summed E-state index contributed by atoms with van der Waals surface area (Å²) in [4.78, 5) is -1.43. The largest absolute Gasteiger partial charge is 4.00 e. The number of alkyl halides is 4. The van der Waals surface area contributed by atoms with Crippen molar-refractivity contribution in [1.29, 1.82) is 0 Å². The molecule has 0 heterocycles. The van der Waals surface area contributed by atoms with Gasteiger partial charge in [-0.05, 0) is 13.8 Å². The minimum absolute atomic E-state index is 0. The van der Waals surface area contributed by atoms with Gasteiger partial charge in [-0.25, -0.2) is 41.8 Å². The van der Waals surface area contributed by atoms with E-state index in [1.165, 1.54) is 12.1 Å². The number of hydrogen-bond acceptors (Lipinski definition) is 0. The Morgan fingerprint density at radius 3 is 1.15 bits per heavy atom. The van der Waals surface area contributed by atoms with Gasteiger partial charge >= 0.3 is 21.7 Å². The van der Waals surface area contributed by atoms with E-state index in [4.69, 9.17) is 46.4 Å². The monoisotopic (exact) mass is 652 g/mol. The molecule has 0 saturated carbocycles. The van der Waals surface area contributed by atoms with Crippen molar-refractivity contribution in [2.45, 2.75) is 36.4 Å². The zero-order valence-corrected chi connectivity index (χ0v) is 26.0. The fraction of sp³-hybridized carbons (Fsp3) is 0.267. The van der Waals surface area contributed by atoms with Gasteiger partial charge in [0.1, 0.15) is 0 Å². The van der Waals surface area contributed by atoms with Crippen LogP contribution >= 0.6 is 46.4 Å². The van der Waals surface area contributed by atoms with Crippen LogP contribution in [0.3, 0.4) is 0 Å². The third kappa shape index (κ3) is 17.2. The van der Waals surface area contributed by atoms with Crippen molar-refractivity contribution in [3.63, 3.8) is 0 Å². The topological polar surface area (TPSA) is 0 Å². The van der Waals surface area contributed by atoms with Gasteiger partial charge in [-0.3, -0.25) is 0 Å². The number of hydrogen-bond donors (Lipinski definition) is 0. The van der Waals surface area contributed by atoms with Crippen molar-refractivity contribution >= 4 is 46.4 Å². The van der Waals surface area contributed by atoms with E-state index in [1.54, 1.807) is 13.8 Å². The predicted molar refractivity (Wildman–Crippen MR) is 152 cm³/mol. The summed E-state index contributed by atoms with van der Waals surface area (Å²) in [5.74, 6) is -2.44. The maximum absolute atomic E-state index is 13.1. The van der Waals surface area contributed by atoms with Gasteiger partial charge in [0.2, 0.25) is 0 Å². The molecule has 39 heavy (non-hydrogen) atoms. The van der Waals surface area contributed by atoms with Gasteiger partial charge in [-0.1, -0.05) is 12.8 Å². The summed E-state index contributed by atoms with van der Waals surface area (Å²) < 4.78 is 51.3. The molecule has 0 radical (unpaired) electrons. The number of halogens is 8. The van der Waals surface area contributed by atoms with Crippen LogP contribution in [0.1, 0.15) is 25.0 Å². The maximum atomic E-state index is 13.1. The van der Waals surface area contributed by atoms with Crippen LogP contribution in [0.25, 0.3) is 0 Å². The molecule has 0 nitrogen and oxygen atoms in total. The van der Waals surface area contributed by atoms with Crippen LogP contribution in [0.4, 0.5) is 17.6 Å². The molecule has 0 saturated heterocycles. The molecule has 4 aromatic rings. The average molecular weight is 654 g/mol. The van der Waals surface area contributed by atoms with Gasteiger partial charge < -0.3 is 0 Å². The van der Waals surface area contributed by atoms with Gasteiger partial charge in [-0.15, -0.1) is 81.8 Å². The molecule has 0 aliphatic heterocycles. The predicted octanol–water partition coefficient (Wildman–Crippen LogP) is 9.90. The van der Waals surface area contributed by atoms with Gasteiger partial charge in [-0.2, -0.15) is 48.5 Å². The average Bonchev–Trinajstić information content (AvgIpc) is 3.63. The van der Waals surface area contributed by atoms with E-state index in [9.17, 15) is 17.6 Å². The Bertz CT molecular complexity index is 1020. The Morgan fingerprint density at radius 2 is 0.949 bits per heavy atom. The molecule has 2 unspecified atom stereocenters. The Morgan fingerprint density at radius 1 is 0.641 bits per heavy atom. The van der Waals surface area contributed by atoms with Crippen LogP contribution in [-0.2, 0) is 34.6 Å². The smallest absolute Gasteiger partial charge is 0.236 e. The first-order valence-corrected chi connectivity index (χ1v) is 13.3. The molecule has 4 aromatic carbocycles. The minimum atomic E-state index is -0.714. The first-order chi connectivity index (χ1) is 17.9. The molecular weight excluding hydrogens is 626 g/mol. The summed E-state index contributed by atoms with van der Waals surface area (Å²) in [6.07, 6.45) is 0.501. The van der Waals surface area contributed by atoms with Gasteiger partial charge in [0.15, 0.2) is 0 Å². The standard InChI is InChI=1S/2C10H9Cl2F2.2C5H5.Ti/c2*1-10(12,6-11)5-7-2-3-8(13)4-9(7)14;2*1-2-4-5-3-1;/h2*2-3H,5-6H2,1H3;2*1-5H;/q4*-1;+4. The number of benzene rings is 2. The number of rotatable bonds is 6. The van der Waals surface area contributed by atoms with Crippen molar-refractivity contribution in [1.82, 2.24) is 0 Å². The summed E-state index contributed by atoms with van der Waals surface area (Å²) in [6, 6.07) is 28.9. The van der Waals surface area contributed by atoms with Crippen molar-refractivity contribution in [2.75, 3.05) is 11.8 Å². The molecule has 0 N–H and O–H groups in total. The summed E-state index contributed by atoms with van der Waals surface area (Å²) in [5.41, 5.74) is 0.647. The van der Waals surface area contributed by atoms with E-state index in [2.05, 4.69) is 0 Å². The summed E-state index contributed by atoms with van der Waals surface area (Å²) in [5, 5.41) is 0. The van der Waals surface area contributed by atoms with Crippen LogP contribution in [0.15, 0.2) is 84.9 Å². The van der Waals surface area contributed by atoms with E-state index >= 15 is 0 Å². The molecule has 0 aromatic heterocycles. The summed E-state index contributed by atoms with van der Waals surface area (Å²) in [6.45, 7) is 3.40. The van der Waals surface area contributed by atoms with Crippen LogP contribution in [0, 0.1) is 35.4 Å². The SMILES string of the molecule is CC(Cl)(CCl)Cc1ccc(F)[c-]c1F.CC(Cl)(CCl)Cc1ccc(F)[c-]c1F.[Ti+4].c1cc[cH-]c1.c1cc[cH-]c1. The second-order valence-electron chi connectivity index (χ2n) is 8.66. The molecule has 0 fully saturated rings. The minimum Gasteiger partial charge on any atom is -0.236 e. The van der Waals surface area contributed by atoms with Crippen LogP contribution in [0.5, 0.6) is 0 Å². The van der Waals surface area contributed by atoms with Gasteiger partial charge in [0, 0.05) is 44.8 Å². The van der Waals surface area contributed by atoms with Crippen LogP contribution in [0.2, 0.25) is 0 Å². The Labute approximate surface area is 263 Å². The zero-order valence-electron chi connectivity index (χ0n) is 21.4. The van der Waals surface area contributed by atoms with Crippen LogP contribution in [-0.4, -0.2) is 21.5 Å². The fourth-order valence-electron chi connectivity index (χ4n) is 2.75. The molecule has 0 amide bonds. The molecule has 0 aliphatic rings. The quantitative estimate of drug-likeness (QED) is 0.0841. The first-order valence-electron chi connectivity index (χ1n) is 11.4. The molecule has 0 spiro atoms. The first kappa shape index (κ1) is 37.7. The maximum Gasteiger partial charge on any atom is 4.00 e. The molecule has 208 valence electrons. The second-order valence-corrected chi connectivity index (χ2v) is 11.0. The van der Waals surface area contributed by atoms with Gasteiger partial charge in [0.25, 0.3) is 0 Å². The van der Waals surface area contributed by atoms with E-state index < -0.39 is 33.0 Å². The van der Waals surface area contributed by atoms with Gasteiger partial charge in [0.05, 0.1) is 0 Å². The van der Waals surface area contributed by atoms with Crippen molar-refractivity contribution in [3.8, 4) is 0 Å². The fourth-order valence-corrected chi connectivity index (χ4v) is 3.23. The summed E-state index contributed by atoms with van der Waals surface area (Å²) in [7, 11) is 0. The third-order valence-corrected chi connectivity index (χ3v) is 6.66. The molecule has 2 atom stereocenters. The van der Waals surface area contributed by atoms with E-state index in [1.807, 2.05) is 72.8 Å². The molecule has 0 aliphatic carbocycles. The van der Waals surface area contributed by atoms with Crippen molar-refractivity contribution in [3.05, 3.63) is 131 Å². The van der Waals surface area contributed by atoms with E-state index in [0.717, 1.165) is 12.1 Å². The Balaban J connectivity index is 0.000000537. The second kappa shape index (κ2) is 19.8. The third-order valence-electron chi connectivity index (χ3n) is 4.67. The Kier molecular flexibility index (Phi) is 19.1. The Hall–Kier alpha value is -1.27. The van der Waals surface area contributed by atoms with Crippen LogP contribution < -0.4 is 0 Å². The zero-order chi connectivity index (χ0) is 28.6. The molecular formula is C30H28Cl4F4Ti. The van der Waals surface area contributed by atoms with E-state index in [-0.39, 0.29) is 46.3 Å². The summed E-state index contributed by atoms with van der Waals surface area (Å²) >= 11 is 23.1. The normalized spacial score (nSPS) is 13.0. The van der Waals surface area contributed by atoms with Crippen molar-refractivity contribution < 1.29 is 39.3 Å². The van der Waals surface area contributed by atoms with Crippen molar-refractivity contribution in [2.24, 2.45) is 0 Å².